The molecule has 0 spiro atoms. The van der Waals surface area contributed by atoms with Gasteiger partial charge in [0.15, 0.2) is 0 Å². The molecule has 0 fully saturated rings. The summed E-state index contributed by atoms with van der Waals surface area (Å²) < 4.78 is 4.88. The predicted octanol–water partition coefficient (Wildman–Crippen LogP) is 0.740. The maximum absolute atomic E-state index is 2.44. The van der Waals surface area contributed by atoms with Crippen molar-refractivity contribution >= 4 is 14.8 Å². The summed E-state index contributed by atoms with van der Waals surface area (Å²) in [7, 11) is 8.83. The molecule has 0 saturated carbocycles. The van der Waals surface area contributed by atoms with Crippen molar-refractivity contribution in [2.45, 2.75) is 18.6 Å². The third kappa shape index (κ3) is 3.59. The van der Waals surface area contributed by atoms with Crippen LogP contribution in [0.15, 0.2) is 0 Å². The van der Waals surface area contributed by atoms with Gasteiger partial charge in [0.25, 0.3) is 0 Å². The van der Waals surface area contributed by atoms with Gasteiger partial charge >= 0.3 is 69.3 Å². The van der Waals surface area contributed by atoms with Gasteiger partial charge in [0.1, 0.15) is 0 Å². The Balaban J connectivity index is 3.73. The fourth-order valence-corrected chi connectivity index (χ4v) is 6.42. The molecule has 62 valence electrons. The van der Waals surface area contributed by atoms with Crippen molar-refractivity contribution in [3.63, 3.8) is 0 Å². The molecule has 0 unspecified atom stereocenters. The molecule has 0 aliphatic rings. The van der Waals surface area contributed by atoms with E-state index in [0.717, 1.165) is 0 Å². The fourth-order valence-electron chi connectivity index (χ4n) is 1.24. The van der Waals surface area contributed by atoms with Crippen LogP contribution in [0.4, 0.5) is 0 Å². The SMILES string of the molecule is CC[CH2][GeH]([N](C)C)[N](C)C. The van der Waals surface area contributed by atoms with Crippen molar-refractivity contribution in [1.29, 1.82) is 0 Å². The summed E-state index contributed by atoms with van der Waals surface area (Å²) in [6, 6.07) is 0. The van der Waals surface area contributed by atoms with Crippen LogP contribution < -0.4 is 0 Å². The first-order chi connectivity index (χ1) is 4.59. The van der Waals surface area contributed by atoms with Gasteiger partial charge in [-0.05, 0) is 0 Å². The van der Waals surface area contributed by atoms with E-state index in [9.17, 15) is 0 Å². The van der Waals surface area contributed by atoms with Crippen LogP contribution in [0, 0.1) is 0 Å². The first-order valence-electron chi connectivity index (χ1n) is 3.92. The Labute approximate surface area is 69.7 Å². The van der Waals surface area contributed by atoms with Gasteiger partial charge in [0.2, 0.25) is 0 Å². The molecule has 0 aliphatic carbocycles. The van der Waals surface area contributed by atoms with Crippen molar-refractivity contribution in [3.05, 3.63) is 0 Å². The minimum atomic E-state index is -1.17. The van der Waals surface area contributed by atoms with E-state index in [4.69, 9.17) is 0 Å². The van der Waals surface area contributed by atoms with Crippen LogP contribution in [-0.4, -0.2) is 50.7 Å². The maximum atomic E-state index is 2.44. The van der Waals surface area contributed by atoms with Crippen molar-refractivity contribution in [3.8, 4) is 0 Å². The standard InChI is InChI=1S/C7H20GeN2/c1-6-7-8(9(2)3)10(4)5/h8H,6-7H2,1-5H3. The number of nitrogens with zero attached hydrogens (tertiary/aromatic N) is 2. The second kappa shape index (κ2) is 5.16. The molecule has 0 radical (unpaired) electrons. The molecule has 0 bridgehead atoms. The molecule has 2 nitrogen and oxygen atoms in total. The summed E-state index contributed by atoms with van der Waals surface area (Å²) in [6.07, 6.45) is 1.33. The molecular formula is C7H20GeN2. The molecule has 0 N–H and O–H groups in total. The fraction of sp³-hybridized carbons (Fsp3) is 1.00. The average Bonchev–Trinajstić information content (AvgIpc) is 1.81. The Morgan fingerprint density at radius 3 is 1.50 bits per heavy atom. The van der Waals surface area contributed by atoms with Crippen molar-refractivity contribution in [2.75, 3.05) is 28.2 Å². The van der Waals surface area contributed by atoms with Gasteiger partial charge in [-0.2, -0.15) is 0 Å². The van der Waals surface area contributed by atoms with E-state index in [1.54, 1.807) is 0 Å². The van der Waals surface area contributed by atoms with Crippen molar-refractivity contribution < 1.29 is 0 Å². The summed E-state index contributed by atoms with van der Waals surface area (Å²) in [5.74, 6) is 0. The molecule has 0 aromatic rings. The molecule has 3 heteroatoms. The summed E-state index contributed by atoms with van der Waals surface area (Å²) in [5, 5.41) is 1.44. The summed E-state index contributed by atoms with van der Waals surface area (Å²) >= 11 is -1.17. The molecule has 0 rings (SSSR count). The molecule has 0 aromatic heterocycles. The Morgan fingerprint density at radius 1 is 1.00 bits per heavy atom. The van der Waals surface area contributed by atoms with E-state index >= 15 is 0 Å². The molecule has 0 aromatic carbocycles. The number of rotatable bonds is 4. The van der Waals surface area contributed by atoms with Gasteiger partial charge in [-0.1, -0.05) is 0 Å². The zero-order valence-electron chi connectivity index (χ0n) is 7.89. The predicted molar refractivity (Wildman–Crippen MR) is 49.6 cm³/mol. The molecule has 0 heterocycles. The van der Waals surface area contributed by atoms with E-state index < -0.39 is 14.8 Å². The topological polar surface area (TPSA) is 6.48 Å². The first kappa shape index (κ1) is 10.5. The third-order valence-corrected chi connectivity index (χ3v) is 9.04. The van der Waals surface area contributed by atoms with Gasteiger partial charge in [0, 0.05) is 0 Å². The number of hydrogen-bond donors (Lipinski definition) is 0. The van der Waals surface area contributed by atoms with Crippen molar-refractivity contribution in [1.82, 2.24) is 7.71 Å². The average molecular weight is 205 g/mol. The molecule has 0 amide bonds. The van der Waals surface area contributed by atoms with E-state index in [-0.39, 0.29) is 0 Å². The van der Waals surface area contributed by atoms with Gasteiger partial charge in [-0.25, -0.2) is 0 Å². The van der Waals surface area contributed by atoms with Crippen LogP contribution in [0.1, 0.15) is 13.3 Å². The van der Waals surface area contributed by atoms with Crippen molar-refractivity contribution in [2.24, 2.45) is 0 Å². The Morgan fingerprint density at radius 2 is 1.40 bits per heavy atom. The summed E-state index contributed by atoms with van der Waals surface area (Å²) in [5.41, 5.74) is 0. The molecule has 0 aliphatic heterocycles. The van der Waals surface area contributed by atoms with Gasteiger partial charge in [-0.15, -0.1) is 0 Å². The minimum absolute atomic E-state index is 1.17. The molecule has 0 saturated heterocycles. The summed E-state index contributed by atoms with van der Waals surface area (Å²) in [4.78, 5) is 0. The van der Waals surface area contributed by atoms with E-state index in [1.807, 2.05) is 0 Å². The van der Waals surface area contributed by atoms with Gasteiger partial charge in [-0.3, -0.25) is 0 Å². The normalized spacial score (nSPS) is 12.0. The van der Waals surface area contributed by atoms with Gasteiger partial charge < -0.3 is 0 Å². The Bertz CT molecular complexity index is 75.7. The van der Waals surface area contributed by atoms with E-state index in [1.165, 1.54) is 11.7 Å². The van der Waals surface area contributed by atoms with Crippen LogP contribution in [0.25, 0.3) is 0 Å². The first-order valence-corrected chi connectivity index (χ1v) is 7.80. The van der Waals surface area contributed by atoms with E-state index in [0.29, 0.717) is 0 Å². The quantitative estimate of drug-likeness (QED) is 0.624. The Hall–Kier alpha value is 0.463. The zero-order valence-corrected chi connectivity index (χ0v) is 10.3. The van der Waals surface area contributed by atoms with Gasteiger partial charge in [0.05, 0.1) is 0 Å². The second-order valence-electron chi connectivity index (χ2n) is 3.20. The van der Waals surface area contributed by atoms with Crippen LogP contribution >= 0.6 is 0 Å². The molecule has 10 heavy (non-hydrogen) atoms. The second-order valence-corrected chi connectivity index (χ2v) is 10.8. The monoisotopic (exact) mass is 206 g/mol. The summed E-state index contributed by atoms with van der Waals surface area (Å²) in [6.45, 7) is 2.27. The Kier molecular flexibility index (Phi) is 5.40. The molecule has 0 atom stereocenters. The van der Waals surface area contributed by atoms with Crippen LogP contribution in [-0.2, 0) is 0 Å². The van der Waals surface area contributed by atoms with Crippen LogP contribution in [0.3, 0.4) is 0 Å². The van der Waals surface area contributed by atoms with Crippen LogP contribution in [0.5, 0.6) is 0 Å². The van der Waals surface area contributed by atoms with Crippen LogP contribution in [0.2, 0.25) is 5.25 Å². The third-order valence-electron chi connectivity index (χ3n) is 1.74. The zero-order chi connectivity index (χ0) is 8.15. The van der Waals surface area contributed by atoms with E-state index in [2.05, 4.69) is 42.8 Å². The molecular weight excluding hydrogens is 185 g/mol. The number of hydrogen-bond acceptors (Lipinski definition) is 2.